The Hall–Kier alpha value is -1.15. The van der Waals surface area contributed by atoms with Gasteiger partial charge in [0.15, 0.2) is 0 Å². The summed E-state index contributed by atoms with van der Waals surface area (Å²) in [7, 11) is 0. The molecule has 0 spiro atoms. The number of hydrogen-bond donors (Lipinski definition) is 1. The molecule has 0 aromatic rings. The van der Waals surface area contributed by atoms with Crippen molar-refractivity contribution in [2.45, 2.75) is 19.4 Å². The van der Waals surface area contributed by atoms with Crippen molar-refractivity contribution in [1.29, 1.82) is 0 Å². The van der Waals surface area contributed by atoms with Crippen LogP contribution in [0.3, 0.4) is 0 Å². The highest BCUT2D eigenvalue weighted by molar-refractivity contribution is 5.65. The Kier molecular flexibility index (Phi) is 7.19. The van der Waals surface area contributed by atoms with Crippen molar-refractivity contribution in [2.75, 3.05) is 0 Å². The number of carbonyl (C=O) groups excluding carboxylic acids is 1. The number of rotatable bonds is 5. The maximum Gasteiger partial charge on any atom is 0.142 e. The zero-order valence-corrected chi connectivity index (χ0v) is 7.18. The van der Waals surface area contributed by atoms with Crippen LogP contribution in [0.25, 0.3) is 0 Å². The van der Waals surface area contributed by atoms with Crippen LogP contribution in [0.1, 0.15) is 13.3 Å². The topological polar surface area (TPSA) is 37.3 Å². The van der Waals surface area contributed by atoms with Crippen LogP contribution in [0.2, 0.25) is 0 Å². The summed E-state index contributed by atoms with van der Waals surface area (Å²) in [6.07, 6.45) is 11.0. The van der Waals surface area contributed by atoms with Crippen molar-refractivity contribution in [1.82, 2.24) is 0 Å². The van der Waals surface area contributed by atoms with Gasteiger partial charge in [0.2, 0.25) is 0 Å². The SMILES string of the molecule is CCC(O)/C=C/C=C/C=C/C=O. The second kappa shape index (κ2) is 7.95. The Labute approximate surface area is 72.9 Å². The number of allylic oxidation sites excluding steroid dienone is 5. The van der Waals surface area contributed by atoms with Gasteiger partial charge in [-0.25, -0.2) is 0 Å². The van der Waals surface area contributed by atoms with E-state index in [1.165, 1.54) is 6.08 Å². The van der Waals surface area contributed by atoms with E-state index in [0.29, 0.717) is 6.42 Å². The predicted molar refractivity (Wildman–Crippen MR) is 49.8 cm³/mol. The first-order chi connectivity index (χ1) is 5.81. The second-order valence-corrected chi connectivity index (χ2v) is 2.27. The van der Waals surface area contributed by atoms with E-state index in [1.807, 2.05) is 6.92 Å². The predicted octanol–water partition coefficient (Wildman–Crippen LogP) is 1.62. The first kappa shape index (κ1) is 10.8. The average molecular weight is 166 g/mol. The summed E-state index contributed by atoms with van der Waals surface area (Å²) >= 11 is 0. The largest absolute Gasteiger partial charge is 0.389 e. The highest BCUT2D eigenvalue weighted by Gasteiger charge is 1.88. The van der Waals surface area contributed by atoms with Gasteiger partial charge in [0.1, 0.15) is 6.29 Å². The second-order valence-electron chi connectivity index (χ2n) is 2.27. The summed E-state index contributed by atoms with van der Waals surface area (Å²) in [5.41, 5.74) is 0. The molecule has 66 valence electrons. The third-order valence-electron chi connectivity index (χ3n) is 1.27. The molecule has 0 aliphatic rings. The molecule has 0 bridgehead atoms. The van der Waals surface area contributed by atoms with Gasteiger partial charge >= 0.3 is 0 Å². The number of aliphatic hydroxyl groups is 1. The summed E-state index contributed by atoms with van der Waals surface area (Å²) in [5, 5.41) is 9.07. The van der Waals surface area contributed by atoms with Crippen LogP contribution in [0.5, 0.6) is 0 Å². The van der Waals surface area contributed by atoms with Crippen LogP contribution in [0.15, 0.2) is 36.5 Å². The minimum Gasteiger partial charge on any atom is -0.389 e. The summed E-state index contributed by atoms with van der Waals surface area (Å²) in [5.74, 6) is 0. The van der Waals surface area contributed by atoms with Crippen molar-refractivity contribution in [3.8, 4) is 0 Å². The average Bonchev–Trinajstić information content (AvgIpc) is 2.10. The lowest BCUT2D eigenvalue weighted by Crippen LogP contribution is -1.97. The van der Waals surface area contributed by atoms with Crippen LogP contribution in [0, 0.1) is 0 Å². The highest BCUT2D eigenvalue weighted by atomic mass is 16.3. The molecule has 0 heterocycles. The maximum absolute atomic E-state index is 9.81. The molecule has 0 radical (unpaired) electrons. The quantitative estimate of drug-likeness (QED) is 0.383. The Morgan fingerprint density at radius 2 is 1.75 bits per heavy atom. The van der Waals surface area contributed by atoms with Gasteiger partial charge in [0.05, 0.1) is 6.10 Å². The van der Waals surface area contributed by atoms with Gasteiger partial charge in [0, 0.05) is 0 Å². The van der Waals surface area contributed by atoms with E-state index < -0.39 is 0 Å². The van der Waals surface area contributed by atoms with Crippen LogP contribution in [0.4, 0.5) is 0 Å². The molecule has 2 nitrogen and oxygen atoms in total. The van der Waals surface area contributed by atoms with E-state index in [2.05, 4.69) is 0 Å². The van der Waals surface area contributed by atoms with Crippen LogP contribution in [-0.4, -0.2) is 17.5 Å². The fraction of sp³-hybridized carbons (Fsp3) is 0.300. The summed E-state index contributed by atoms with van der Waals surface area (Å²) in [6, 6.07) is 0. The molecule has 2 heteroatoms. The summed E-state index contributed by atoms with van der Waals surface area (Å²) in [4.78, 5) is 9.81. The third kappa shape index (κ3) is 6.96. The normalized spacial score (nSPS) is 14.8. The van der Waals surface area contributed by atoms with E-state index in [1.54, 1.807) is 30.4 Å². The molecule has 0 aliphatic heterocycles. The van der Waals surface area contributed by atoms with E-state index >= 15 is 0 Å². The number of carbonyl (C=O) groups is 1. The van der Waals surface area contributed by atoms with Crippen molar-refractivity contribution in [3.63, 3.8) is 0 Å². The van der Waals surface area contributed by atoms with Crippen LogP contribution >= 0.6 is 0 Å². The van der Waals surface area contributed by atoms with Crippen LogP contribution < -0.4 is 0 Å². The zero-order valence-electron chi connectivity index (χ0n) is 7.18. The molecule has 1 N–H and O–H groups in total. The van der Waals surface area contributed by atoms with Gasteiger partial charge in [-0.1, -0.05) is 37.3 Å². The Bertz CT molecular complexity index is 190. The highest BCUT2D eigenvalue weighted by Crippen LogP contribution is 1.91. The molecule has 0 saturated heterocycles. The molecule has 1 atom stereocenters. The number of aldehydes is 1. The molecular formula is C10H14O2. The zero-order chi connectivity index (χ0) is 9.23. The first-order valence-electron chi connectivity index (χ1n) is 3.94. The number of hydrogen-bond acceptors (Lipinski definition) is 2. The minimum absolute atomic E-state index is 0.371. The molecule has 0 aromatic heterocycles. The fourth-order valence-corrected chi connectivity index (χ4v) is 0.566. The molecule has 0 rings (SSSR count). The Morgan fingerprint density at radius 3 is 2.33 bits per heavy atom. The van der Waals surface area contributed by atoms with Gasteiger partial charge in [-0.15, -0.1) is 0 Å². The molecule has 0 amide bonds. The molecule has 0 fully saturated rings. The van der Waals surface area contributed by atoms with Gasteiger partial charge in [-0.2, -0.15) is 0 Å². The molecule has 0 saturated carbocycles. The lowest BCUT2D eigenvalue weighted by atomic mass is 10.2. The van der Waals surface area contributed by atoms with Gasteiger partial charge in [-0.3, -0.25) is 4.79 Å². The van der Waals surface area contributed by atoms with Crippen molar-refractivity contribution < 1.29 is 9.90 Å². The van der Waals surface area contributed by atoms with E-state index in [9.17, 15) is 4.79 Å². The number of aliphatic hydroxyl groups excluding tert-OH is 1. The Morgan fingerprint density at radius 1 is 1.17 bits per heavy atom. The van der Waals surface area contributed by atoms with E-state index in [4.69, 9.17) is 5.11 Å². The monoisotopic (exact) mass is 166 g/mol. The maximum atomic E-state index is 9.81. The molecule has 12 heavy (non-hydrogen) atoms. The fourth-order valence-electron chi connectivity index (χ4n) is 0.566. The summed E-state index contributed by atoms with van der Waals surface area (Å²) in [6.45, 7) is 1.91. The van der Waals surface area contributed by atoms with Crippen LogP contribution in [-0.2, 0) is 4.79 Å². The van der Waals surface area contributed by atoms with Crippen molar-refractivity contribution >= 4 is 6.29 Å². The first-order valence-corrected chi connectivity index (χ1v) is 3.94. The van der Waals surface area contributed by atoms with E-state index in [-0.39, 0.29) is 6.10 Å². The molecular weight excluding hydrogens is 152 g/mol. The minimum atomic E-state index is -0.371. The lowest BCUT2D eigenvalue weighted by Gasteiger charge is -1.95. The van der Waals surface area contributed by atoms with Crippen molar-refractivity contribution in [2.24, 2.45) is 0 Å². The standard InChI is InChI=1S/C10H14O2/c1-2-10(12)8-6-4-3-5-7-9-11/h3-10,12H,2H2,1H3/b4-3+,7-5+,8-6+. The summed E-state index contributed by atoms with van der Waals surface area (Å²) < 4.78 is 0. The van der Waals surface area contributed by atoms with Gasteiger partial charge in [0.25, 0.3) is 0 Å². The van der Waals surface area contributed by atoms with Gasteiger partial charge in [-0.05, 0) is 12.5 Å². The molecule has 0 aromatic carbocycles. The van der Waals surface area contributed by atoms with Crippen molar-refractivity contribution in [3.05, 3.63) is 36.5 Å². The van der Waals surface area contributed by atoms with Gasteiger partial charge < -0.3 is 5.11 Å². The van der Waals surface area contributed by atoms with E-state index in [0.717, 1.165) is 6.29 Å². The third-order valence-corrected chi connectivity index (χ3v) is 1.27. The smallest absolute Gasteiger partial charge is 0.142 e. The lowest BCUT2D eigenvalue weighted by molar-refractivity contribution is -0.104. The molecule has 0 aliphatic carbocycles. The Balaban J connectivity index is 3.65. The molecule has 1 unspecified atom stereocenters.